The van der Waals surface area contributed by atoms with E-state index in [0.29, 0.717) is 54.5 Å². The number of piperidine rings is 2. The van der Waals surface area contributed by atoms with E-state index in [1.165, 1.54) is 24.5 Å². The Morgan fingerprint density at radius 3 is 2.71 bits per heavy atom. The van der Waals surface area contributed by atoms with Crippen LogP contribution in [0, 0.1) is 17.7 Å². The molecule has 0 radical (unpaired) electrons. The van der Waals surface area contributed by atoms with Gasteiger partial charge in [-0.3, -0.25) is 4.79 Å². The van der Waals surface area contributed by atoms with Crippen LogP contribution < -0.4 is 14.8 Å². The van der Waals surface area contributed by atoms with Gasteiger partial charge in [0.2, 0.25) is 5.91 Å². The monoisotopic (exact) mass is 558 g/mol. The molecule has 4 atom stereocenters. The lowest BCUT2D eigenvalue weighted by Crippen LogP contribution is -2.61. The predicted molar refractivity (Wildman–Crippen MR) is 142 cm³/mol. The van der Waals surface area contributed by atoms with Crippen LogP contribution >= 0.6 is 23.2 Å². The van der Waals surface area contributed by atoms with Gasteiger partial charge in [-0.1, -0.05) is 29.8 Å². The summed E-state index contributed by atoms with van der Waals surface area (Å²) in [6.07, 6.45) is 4.37. The number of nitrogens with zero attached hydrogens (tertiary/aromatic N) is 3. The summed E-state index contributed by atoms with van der Waals surface area (Å²) in [5.41, 5.74) is 0.728. The van der Waals surface area contributed by atoms with Crippen molar-refractivity contribution in [2.75, 3.05) is 31.6 Å². The van der Waals surface area contributed by atoms with Crippen LogP contribution in [0.1, 0.15) is 12.8 Å². The van der Waals surface area contributed by atoms with Crippen molar-refractivity contribution in [3.05, 3.63) is 59.1 Å². The number of hydrogen-bond acceptors (Lipinski definition) is 7. The maximum absolute atomic E-state index is 14.8. The van der Waals surface area contributed by atoms with Gasteiger partial charge in [0.25, 0.3) is 0 Å². The quantitative estimate of drug-likeness (QED) is 0.307. The first-order chi connectivity index (χ1) is 18.4. The van der Waals surface area contributed by atoms with Crippen LogP contribution in [-0.2, 0) is 9.53 Å². The van der Waals surface area contributed by atoms with Gasteiger partial charge >= 0.3 is 0 Å². The van der Waals surface area contributed by atoms with Crippen LogP contribution in [0.2, 0.25) is 10.0 Å². The summed E-state index contributed by atoms with van der Waals surface area (Å²) >= 11 is 11.9. The van der Waals surface area contributed by atoms with Crippen molar-refractivity contribution in [3.63, 3.8) is 0 Å². The predicted octanol–water partition coefficient (Wildman–Crippen LogP) is 5.40. The maximum Gasteiger partial charge on any atom is 0.245 e. The number of carbonyl (C=O) groups excluding carboxylic acids is 1. The van der Waals surface area contributed by atoms with E-state index < -0.39 is 5.82 Å². The maximum atomic E-state index is 14.8. The minimum atomic E-state index is -0.676. The van der Waals surface area contributed by atoms with E-state index in [1.807, 2.05) is 17.0 Å². The number of hydrogen-bond donors (Lipinski definition) is 1. The molecule has 38 heavy (non-hydrogen) atoms. The smallest absolute Gasteiger partial charge is 0.245 e. The molecule has 1 unspecified atom stereocenters. The zero-order chi connectivity index (χ0) is 26.4. The molecule has 2 aromatic carbocycles. The first-order valence-electron chi connectivity index (χ1n) is 12.4. The van der Waals surface area contributed by atoms with Crippen LogP contribution in [-0.4, -0.2) is 59.3 Å². The number of ether oxygens (including phenoxy) is 3. The molecule has 11 heteroatoms. The van der Waals surface area contributed by atoms with Crippen LogP contribution in [0.3, 0.4) is 0 Å². The molecule has 3 aliphatic heterocycles. The number of amides is 1. The average Bonchev–Trinajstić information content (AvgIpc) is 3.45. The van der Waals surface area contributed by atoms with Gasteiger partial charge in [-0.2, -0.15) is 0 Å². The molecule has 1 aromatic heterocycles. The van der Waals surface area contributed by atoms with Gasteiger partial charge in [-0.25, -0.2) is 14.4 Å². The first kappa shape index (κ1) is 25.2. The van der Waals surface area contributed by atoms with E-state index in [4.69, 9.17) is 37.4 Å². The van der Waals surface area contributed by atoms with Gasteiger partial charge in [-0.05, 0) is 30.7 Å². The molecule has 2 bridgehead atoms. The highest BCUT2D eigenvalue weighted by atomic mass is 35.5. The zero-order valence-corrected chi connectivity index (χ0v) is 21.8. The Balaban J connectivity index is 1.34. The van der Waals surface area contributed by atoms with Gasteiger partial charge < -0.3 is 24.4 Å². The van der Waals surface area contributed by atoms with Gasteiger partial charge in [0.15, 0.2) is 17.3 Å². The van der Waals surface area contributed by atoms with Gasteiger partial charge in [-0.15, -0.1) is 0 Å². The minimum absolute atomic E-state index is 0.0583. The van der Waals surface area contributed by atoms with Gasteiger partial charge in [0, 0.05) is 42.8 Å². The van der Waals surface area contributed by atoms with Crippen molar-refractivity contribution in [2.45, 2.75) is 25.0 Å². The van der Waals surface area contributed by atoms with Crippen LogP contribution in [0.15, 0.2) is 43.2 Å². The van der Waals surface area contributed by atoms with Crippen LogP contribution in [0.5, 0.6) is 11.5 Å². The number of nitrogens with one attached hydrogen (secondary N) is 1. The Labute approximate surface area is 228 Å². The summed E-state index contributed by atoms with van der Waals surface area (Å²) in [6, 6.07) is 6.64. The SMILES string of the molecule is C=CC(=O)N1C[C@H]2C[C@@H](C1)C2Oc1cc2c(Nc3ccc(Cl)c(Cl)c3F)ncnc2cc1O[C@@H]1CCOC1. The molecule has 3 aromatic rings. The number of anilines is 2. The number of carbonyl (C=O) groups is 1. The third-order valence-corrected chi connectivity index (χ3v) is 8.15. The molecule has 1 saturated carbocycles. The largest absolute Gasteiger partial charge is 0.486 e. The molecular formula is C27H25Cl2FN4O4. The summed E-state index contributed by atoms with van der Waals surface area (Å²) in [7, 11) is 0. The normalized spacial score (nSPS) is 24.1. The van der Waals surface area contributed by atoms with Crippen molar-refractivity contribution in [3.8, 4) is 11.5 Å². The number of rotatable bonds is 7. The second kappa shape index (κ2) is 10.2. The van der Waals surface area contributed by atoms with Crippen molar-refractivity contribution in [2.24, 2.45) is 11.8 Å². The average molecular weight is 559 g/mol. The topological polar surface area (TPSA) is 85.8 Å². The minimum Gasteiger partial charge on any atom is -0.486 e. The van der Waals surface area contributed by atoms with Gasteiger partial charge in [0.05, 0.1) is 34.5 Å². The van der Waals surface area contributed by atoms with E-state index >= 15 is 0 Å². The molecule has 1 N–H and O–H groups in total. The standard InChI is InChI=1S/C27H25Cl2FN4O4/c1-2-23(35)34-10-14-7-15(11-34)26(14)38-21-8-17-20(9-22(21)37-16-5-6-36-12-16)31-13-32-27(17)33-19-4-3-18(28)24(29)25(19)30/h2-4,8-9,13-16,26H,1,5-7,10-12H2,(H,31,32,33)/t14-,15+,16-,26?/m1/s1. The van der Waals surface area contributed by atoms with E-state index in [-0.39, 0.29) is 45.7 Å². The third-order valence-electron chi connectivity index (χ3n) is 7.36. The molecule has 4 aliphatic rings. The Bertz CT molecular complexity index is 1410. The summed E-state index contributed by atoms with van der Waals surface area (Å²) in [6.45, 7) is 5.98. The van der Waals surface area contributed by atoms with Crippen molar-refractivity contribution in [1.82, 2.24) is 14.9 Å². The fourth-order valence-corrected chi connectivity index (χ4v) is 5.69. The van der Waals surface area contributed by atoms with Crippen LogP contribution in [0.4, 0.5) is 15.9 Å². The zero-order valence-electron chi connectivity index (χ0n) is 20.3. The molecule has 198 valence electrons. The van der Waals surface area contributed by atoms with E-state index in [9.17, 15) is 9.18 Å². The summed E-state index contributed by atoms with van der Waals surface area (Å²) < 4.78 is 33.1. The number of halogens is 3. The number of benzene rings is 2. The Morgan fingerprint density at radius 1 is 1.18 bits per heavy atom. The van der Waals surface area contributed by atoms with Gasteiger partial charge in [0.1, 0.15) is 24.4 Å². The van der Waals surface area contributed by atoms with Crippen molar-refractivity contribution < 1.29 is 23.4 Å². The molecule has 1 amide bonds. The Kier molecular flexibility index (Phi) is 6.75. The van der Waals surface area contributed by atoms with Crippen molar-refractivity contribution in [1.29, 1.82) is 0 Å². The molecule has 8 nitrogen and oxygen atoms in total. The van der Waals surface area contributed by atoms with E-state index in [1.54, 1.807) is 0 Å². The number of fused-ring (bicyclic) bond motifs is 3. The lowest BCUT2D eigenvalue weighted by molar-refractivity contribution is -0.142. The second-order valence-electron chi connectivity index (χ2n) is 9.78. The molecule has 0 spiro atoms. The molecule has 4 fully saturated rings. The molecule has 7 rings (SSSR count). The van der Waals surface area contributed by atoms with E-state index in [0.717, 1.165) is 12.8 Å². The fraction of sp³-hybridized carbons (Fsp3) is 0.370. The van der Waals surface area contributed by atoms with Crippen molar-refractivity contribution >= 4 is 51.5 Å². The number of aromatic nitrogens is 2. The Hall–Kier alpha value is -3.14. The lowest BCUT2D eigenvalue weighted by Gasteiger charge is -2.52. The lowest BCUT2D eigenvalue weighted by atomic mass is 9.68. The fourth-order valence-electron chi connectivity index (χ4n) is 5.38. The highest BCUT2D eigenvalue weighted by Crippen LogP contribution is 2.45. The second-order valence-corrected chi connectivity index (χ2v) is 10.6. The van der Waals surface area contributed by atoms with E-state index in [2.05, 4.69) is 21.9 Å². The van der Waals surface area contributed by atoms with Crippen LogP contribution in [0.25, 0.3) is 10.9 Å². The first-order valence-corrected chi connectivity index (χ1v) is 13.2. The molecule has 1 aliphatic carbocycles. The third kappa shape index (κ3) is 4.63. The Morgan fingerprint density at radius 2 is 1.97 bits per heavy atom. The molecule has 4 heterocycles. The highest BCUT2D eigenvalue weighted by Gasteiger charge is 2.49. The molecular weight excluding hydrogens is 534 g/mol. The molecule has 3 saturated heterocycles. The summed E-state index contributed by atoms with van der Waals surface area (Å²) in [5.74, 6) is 1.17. The highest BCUT2D eigenvalue weighted by molar-refractivity contribution is 6.42. The summed E-state index contributed by atoms with van der Waals surface area (Å²) in [4.78, 5) is 22.7. The summed E-state index contributed by atoms with van der Waals surface area (Å²) in [5, 5.41) is 3.58.